The van der Waals surface area contributed by atoms with Gasteiger partial charge in [0, 0.05) is 5.71 Å². The van der Waals surface area contributed by atoms with Crippen LogP contribution in [0.5, 0.6) is 0 Å². The standard InChI is InChI=1S/C5H13N5/c1-3-4(2)9-10-5(6)8-7/h3,7H2,1-2H3,(H3,6,8,10)/b9-4-. The quantitative estimate of drug-likeness (QED) is 0.212. The van der Waals surface area contributed by atoms with Crippen molar-refractivity contribution in [3.05, 3.63) is 0 Å². The first-order valence-electron chi connectivity index (χ1n) is 3.03. The minimum Gasteiger partial charge on any atom is -0.367 e. The molecule has 0 aliphatic heterocycles. The van der Waals surface area contributed by atoms with Crippen molar-refractivity contribution in [2.24, 2.45) is 21.8 Å². The van der Waals surface area contributed by atoms with Crippen LogP contribution in [0.4, 0.5) is 0 Å². The zero-order valence-electron chi connectivity index (χ0n) is 6.26. The predicted molar refractivity (Wildman–Crippen MR) is 42.3 cm³/mol. The first kappa shape index (κ1) is 8.74. The summed E-state index contributed by atoms with van der Waals surface area (Å²) in [6, 6.07) is 0. The summed E-state index contributed by atoms with van der Waals surface area (Å²) in [6.45, 7) is 3.88. The van der Waals surface area contributed by atoms with Crippen molar-refractivity contribution in [2.45, 2.75) is 20.3 Å². The summed E-state index contributed by atoms with van der Waals surface area (Å²) in [7, 11) is 0. The third-order valence-electron chi connectivity index (χ3n) is 1.01. The maximum atomic E-state index is 5.18. The van der Waals surface area contributed by atoms with Crippen molar-refractivity contribution in [3.63, 3.8) is 0 Å². The molecule has 0 aromatic carbocycles. The van der Waals surface area contributed by atoms with Crippen molar-refractivity contribution in [2.75, 3.05) is 0 Å². The van der Waals surface area contributed by atoms with Crippen LogP contribution in [0.2, 0.25) is 0 Å². The Kier molecular flexibility index (Phi) is 4.02. The fraction of sp³-hybridized carbons (Fsp3) is 0.600. The van der Waals surface area contributed by atoms with Crippen LogP contribution in [-0.4, -0.2) is 11.7 Å². The molecule has 0 radical (unpaired) electrons. The van der Waals surface area contributed by atoms with Gasteiger partial charge in [0.2, 0.25) is 5.96 Å². The number of hydrazone groups is 2. The molecule has 0 saturated heterocycles. The van der Waals surface area contributed by atoms with Crippen LogP contribution in [0.3, 0.4) is 0 Å². The fourth-order valence-electron chi connectivity index (χ4n) is 0.261. The van der Waals surface area contributed by atoms with Crippen molar-refractivity contribution in [3.8, 4) is 0 Å². The first-order valence-corrected chi connectivity index (χ1v) is 3.03. The molecule has 0 fully saturated rings. The lowest BCUT2D eigenvalue weighted by Crippen LogP contribution is -2.29. The molecule has 0 spiro atoms. The molecular formula is C5H13N5. The average Bonchev–Trinajstić information content (AvgIpc) is 1.99. The summed E-state index contributed by atoms with van der Waals surface area (Å²) < 4.78 is 0. The van der Waals surface area contributed by atoms with Crippen molar-refractivity contribution in [1.82, 2.24) is 5.43 Å². The Balaban J connectivity index is 3.72. The van der Waals surface area contributed by atoms with Gasteiger partial charge >= 0.3 is 0 Å². The van der Waals surface area contributed by atoms with E-state index in [2.05, 4.69) is 15.6 Å². The highest BCUT2D eigenvalue weighted by atomic mass is 15.4. The van der Waals surface area contributed by atoms with Crippen LogP contribution in [0.15, 0.2) is 10.2 Å². The Bertz CT molecular complexity index is 148. The molecule has 5 nitrogen and oxygen atoms in total. The molecule has 0 unspecified atom stereocenters. The Morgan fingerprint density at radius 1 is 1.60 bits per heavy atom. The zero-order chi connectivity index (χ0) is 7.98. The minimum absolute atomic E-state index is 0.118. The van der Waals surface area contributed by atoms with E-state index in [0.29, 0.717) is 0 Å². The third-order valence-corrected chi connectivity index (χ3v) is 1.01. The highest BCUT2D eigenvalue weighted by Crippen LogP contribution is 1.79. The highest BCUT2D eigenvalue weighted by Gasteiger charge is 1.86. The number of hydrogen-bond donors (Lipinski definition) is 3. The number of hydrogen-bond acceptors (Lipinski definition) is 3. The van der Waals surface area contributed by atoms with Gasteiger partial charge in [0.25, 0.3) is 0 Å². The van der Waals surface area contributed by atoms with Gasteiger partial charge in [0.15, 0.2) is 0 Å². The summed E-state index contributed by atoms with van der Waals surface area (Å²) in [6.07, 6.45) is 0.880. The van der Waals surface area contributed by atoms with Crippen molar-refractivity contribution in [1.29, 1.82) is 0 Å². The number of nitrogens with one attached hydrogen (secondary N) is 1. The van der Waals surface area contributed by atoms with Gasteiger partial charge in [-0.2, -0.15) is 5.10 Å². The maximum absolute atomic E-state index is 5.18. The van der Waals surface area contributed by atoms with Gasteiger partial charge in [0.05, 0.1) is 0 Å². The molecule has 0 aromatic heterocycles. The van der Waals surface area contributed by atoms with E-state index in [1.165, 1.54) is 0 Å². The van der Waals surface area contributed by atoms with Gasteiger partial charge in [-0.3, -0.25) is 0 Å². The minimum atomic E-state index is 0.118. The molecule has 0 aliphatic carbocycles. The highest BCUT2D eigenvalue weighted by molar-refractivity contribution is 5.84. The number of rotatable bonds is 2. The SMILES string of the molecule is CC/C(C)=N\NC(N)=NN. The van der Waals surface area contributed by atoms with E-state index in [1.807, 2.05) is 13.8 Å². The molecular weight excluding hydrogens is 130 g/mol. The largest absolute Gasteiger partial charge is 0.367 e. The van der Waals surface area contributed by atoms with Crippen molar-refractivity contribution >= 4 is 11.7 Å². The van der Waals surface area contributed by atoms with Gasteiger partial charge in [-0.05, 0) is 13.3 Å². The van der Waals surface area contributed by atoms with Crippen LogP contribution in [-0.2, 0) is 0 Å². The van der Waals surface area contributed by atoms with Gasteiger partial charge in [-0.1, -0.05) is 6.92 Å². The fourth-order valence-corrected chi connectivity index (χ4v) is 0.261. The van der Waals surface area contributed by atoms with E-state index in [1.54, 1.807) is 0 Å². The Labute approximate surface area is 60.2 Å². The first-order chi connectivity index (χ1) is 4.70. The topological polar surface area (TPSA) is 88.8 Å². The van der Waals surface area contributed by atoms with Crippen LogP contribution < -0.4 is 17.0 Å². The molecule has 0 amide bonds. The van der Waals surface area contributed by atoms with E-state index in [-0.39, 0.29) is 5.96 Å². The second-order valence-electron chi connectivity index (χ2n) is 1.83. The number of guanidine groups is 1. The predicted octanol–water partition coefficient (Wildman–Crippen LogP) is -0.450. The summed E-state index contributed by atoms with van der Waals surface area (Å²) in [4.78, 5) is 0. The molecule has 0 heterocycles. The third kappa shape index (κ3) is 3.71. The monoisotopic (exact) mass is 143 g/mol. The maximum Gasteiger partial charge on any atom is 0.231 e. The molecule has 0 bridgehead atoms. The molecule has 0 rings (SSSR count). The van der Waals surface area contributed by atoms with Crippen molar-refractivity contribution < 1.29 is 0 Å². The van der Waals surface area contributed by atoms with E-state index in [9.17, 15) is 0 Å². The summed E-state index contributed by atoms with van der Waals surface area (Å²) in [5.41, 5.74) is 8.61. The molecule has 58 valence electrons. The molecule has 0 atom stereocenters. The smallest absolute Gasteiger partial charge is 0.231 e. The van der Waals surface area contributed by atoms with E-state index < -0.39 is 0 Å². The number of nitrogens with zero attached hydrogens (tertiary/aromatic N) is 2. The Morgan fingerprint density at radius 2 is 2.20 bits per heavy atom. The van der Waals surface area contributed by atoms with Crippen LogP contribution in [0.25, 0.3) is 0 Å². The molecule has 0 aromatic rings. The van der Waals surface area contributed by atoms with Gasteiger partial charge in [0.1, 0.15) is 0 Å². The lowest BCUT2D eigenvalue weighted by molar-refractivity contribution is 0.970. The Hall–Kier alpha value is -1.26. The van der Waals surface area contributed by atoms with Gasteiger partial charge < -0.3 is 11.6 Å². The summed E-state index contributed by atoms with van der Waals surface area (Å²) in [5, 5.41) is 7.02. The normalized spacial score (nSPS) is 13.4. The molecule has 0 aliphatic rings. The van der Waals surface area contributed by atoms with Crippen LogP contribution >= 0.6 is 0 Å². The lowest BCUT2D eigenvalue weighted by atomic mass is 10.3. The lowest BCUT2D eigenvalue weighted by Gasteiger charge is -1.97. The van der Waals surface area contributed by atoms with Crippen LogP contribution in [0.1, 0.15) is 20.3 Å². The van der Waals surface area contributed by atoms with E-state index in [4.69, 9.17) is 11.6 Å². The summed E-state index contributed by atoms with van der Waals surface area (Å²) >= 11 is 0. The van der Waals surface area contributed by atoms with E-state index >= 15 is 0 Å². The average molecular weight is 143 g/mol. The Morgan fingerprint density at radius 3 is 2.60 bits per heavy atom. The van der Waals surface area contributed by atoms with Gasteiger partial charge in [-0.15, -0.1) is 5.10 Å². The molecule has 0 saturated carbocycles. The number of nitrogens with two attached hydrogens (primary N) is 2. The zero-order valence-corrected chi connectivity index (χ0v) is 6.26. The second kappa shape index (κ2) is 4.60. The molecule has 5 N–H and O–H groups in total. The molecule has 5 heteroatoms. The van der Waals surface area contributed by atoms with Crippen LogP contribution in [0, 0.1) is 0 Å². The van der Waals surface area contributed by atoms with E-state index in [0.717, 1.165) is 12.1 Å². The summed E-state index contributed by atoms with van der Waals surface area (Å²) in [5.74, 6) is 4.95. The van der Waals surface area contributed by atoms with Gasteiger partial charge in [-0.25, -0.2) is 5.43 Å². The molecule has 10 heavy (non-hydrogen) atoms. The second-order valence-corrected chi connectivity index (χ2v) is 1.83.